The van der Waals surface area contributed by atoms with E-state index in [1.807, 2.05) is 6.07 Å². The third-order valence-corrected chi connectivity index (χ3v) is 4.66. The van der Waals surface area contributed by atoms with Gasteiger partial charge in [-0.15, -0.1) is 11.3 Å². The van der Waals surface area contributed by atoms with Gasteiger partial charge in [0.05, 0.1) is 31.0 Å². The van der Waals surface area contributed by atoms with Crippen LogP contribution in [0.25, 0.3) is 0 Å². The Bertz CT molecular complexity index is 624. The molecule has 1 aliphatic rings. The second kappa shape index (κ2) is 6.41. The Morgan fingerprint density at radius 1 is 1.45 bits per heavy atom. The number of hydrogen-bond donors (Lipinski definition) is 2. The van der Waals surface area contributed by atoms with Crippen molar-refractivity contribution in [1.29, 1.82) is 0 Å². The Morgan fingerprint density at radius 3 is 2.82 bits per heavy atom. The molecule has 0 bridgehead atoms. The standard InChI is InChI=1S/C15H17N3O3S/c1-21-13-3-2-9(6-17-13)14(10-4-11(19)5-10)18-15(20)12-7-16-8-22-12/h2-3,6-8,10-11,14,19H,4-5H2,1H3,(H,18,20)/t10?,11?,14-/m0/s1. The number of thiazole rings is 1. The maximum atomic E-state index is 12.3. The van der Waals surface area contributed by atoms with E-state index in [9.17, 15) is 9.90 Å². The molecule has 2 aromatic heterocycles. The minimum atomic E-state index is -0.279. The van der Waals surface area contributed by atoms with Crippen molar-refractivity contribution in [1.82, 2.24) is 15.3 Å². The summed E-state index contributed by atoms with van der Waals surface area (Å²) in [6, 6.07) is 3.50. The van der Waals surface area contributed by atoms with E-state index in [0.717, 1.165) is 5.56 Å². The average Bonchev–Trinajstić information content (AvgIpc) is 3.04. The van der Waals surface area contributed by atoms with Gasteiger partial charge < -0.3 is 15.2 Å². The van der Waals surface area contributed by atoms with Gasteiger partial charge in [-0.25, -0.2) is 4.98 Å². The molecule has 1 amide bonds. The van der Waals surface area contributed by atoms with Gasteiger partial charge >= 0.3 is 0 Å². The van der Waals surface area contributed by atoms with Crippen molar-refractivity contribution < 1.29 is 14.6 Å². The summed E-state index contributed by atoms with van der Waals surface area (Å²) in [5, 5.41) is 12.6. The molecular weight excluding hydrogens is 302 g/mol. The minimum absolute atomic E-state index is 0.148. The molecule has 1 fully saturated rings. The Balaban J connectivity index is 1.78. The fourth-order valence-electron chi connectivity index (χ4n) is 2.61. The van der Waals surface area contributed by atoms with Crippen LogP contribution in [0.5, 0.6) is 5.88 Å². The molecule has 1 atom stereocenters. The highest BCUT2D eigenvalue weighted by Crippen LogP contribution is 2.38. The van der Waals surface area contributed by atoms with Crippen LogP contribution in [0, 0.1) is 5.92 Å². The summed E-state index contributed by atoms with van der Waals surface area (Å²) < 4.78 is 5.06. The monoisotopic (exact) mass is 319 g/mol. The zero-order chi connectivity index (χ0) is 15.5. The lowest BCUT2D eigenvalue weighted by Crippen LogP contribution is -2.41. The molecule has 116 valence electrons. The Kier molecular flexibility index (Phi) is 4.35. The molecule has 2 aromatic rings. The fraction of sp³-hybridized carbons (Fsp3) is 0.400. The van der Waals surface area contributed by atoms with E-state index >= 15 is 0 Å². The number of amides is 1. The summed E-state index contributed by atoms with van der Waals surface area (Å²) in [5.41, 5.74) is 2.54. The van der Waals surface area contributed by atoms with Crippen LogP contribution in [-0.4, -0.2) is 34.2 Å². The number of aliphatic hydroxyl groups is 1. The number of aromatic nitrogens is 2. The third kappa shape index (κ3) is 3.10. The highest BCUT2D eigenvalue weighted by atomic mass is 32.1. The van der Waals surface area contributed by atoms with Crippen LogP contribution in [0.15, 0.2) is 30.0 Å². The first-order valence-electron chi connectivity index (χ1n) is 7.04. The van der Waals surface area contributed by atoms with Gasteiger partial charge in [-0.05, 0) is 24.3 Å². The number of rotatable bonds is 5. The van der Waals surface area contributed by atoms with Gasteiger partial charge in [-0.3, -0.25) is 9.78 Å². The zero-order valence-corrected chi connectivity index (χ0v) is 12.9. The normalized spacial score (nSPS) is 21.7. The molecule has 0 spiro atoms. The van der Waals surface area contributed by atoms with Crippen molar-refractivity contribution in [2.24, 2.45) is 5.92 Å². The van der Waals surface area contributed by atoms with Crippen molar-refractivity contribution in [2.75, 3.05) is 7.11 Å². The topological polar surface area (TPSA) is 84.3 Å². The highest BCUT2D eigenvalue weighted by Gasteiger charge is 2.36. The van der Waals surface area contributed by atoms with Gasteiger partial charge in [0.15, 0.2) is 0 Å². The van der Waals surface area contributed by atoms with Gasteiger partial charge in [0.25, 0.3) is 5.91 Å². The van der Waals surface area contributed by atoms with Crippen molar-refractivity contribution in [3.05, 3.63) is 40.5 Å². The van der Waals surface area contributed by atoms with E-state index in [2.05, 4.69) is 15.3 Å². The molecule has 0 saturated heterocycles. The predicted molar refractivity (Wildman–Crippen MR) is 81.8 cm³/mol. The van der Waals surface area contributed by atoms with Crippen LogP contribution in [0.2, 0.25) is 0 Å². The van der Waals surface area contributed by atoms with E-state index in [-0.39, 0.29) is 24.0 Å². The maximum absolute atomic E-state index is 12.3. The SMILES string of the molecule is COc1ccc([C@H](NC(=O)c2cncs2)C2CC(O)C2)cn1. The molecule has 0 radical (unpaired) electrons. The van der Waals surface area contributed by atoms with Gasteiger partial charge in [-0.2, -0.15) is 0 Å². The molecule has 2 N–H and O–H groups in total. The van der Waals surface area contributed by atoms with Crippen LogP contribution in [0.4, 0.5) is 0 Å². The summed E-state index contributed by atoms with van der Waals surface area (Å²) in [6.45, 7) is 0. The second-order valence-corrected chi connectivity index (χ2v) is 6.22. The first kappa shape index (κ1) is 14.9. The van der Waals surface area contributed by atoms with E-state index < -0.39 is 0 Å². The number of methoxy groups -OCH3 is 1. The lowest BCUT2D eigenvalue weighted by molar-refractivity contribution is 0.0235. The molecule has 1 aliphatic carbocycles. The molecule has 0 aromatic carbocycles. The summed E-state index contributed by atoms with van der Waals surface area (Å²) in [6.07, 6.45) is 4.35. The quantitative estimate of drug-likeness (QED) is 0.878. The second-order valence-electron chi connectivity index (χ2n) is 5.34. The number of carbonyl (C=O) groups excluding carboxylic acids is 1. The summed E-state index contributed by atoms with van der Waals surface area (Å²) >= 11 is 1.30. The summed E-state index contributed by atoms with van der Waals surface area (Å²) in [7, 11) is 1.56. The molecule has 2 heterocycles. The largest absolute Gasteiger partial charge is 0.481 e. The molecule has 1 saturated carbocycles. The number of hydrogen-bond acceptors (Lipinski definition) is 6. The van der Waals surface area contributed by atoms with E-state index in [1.165, 1.54) is 11.3 Å². The number of ether oxygens (including phenoxy) is 1. The van der Waals surface area contributed by atoms with Crippen molar-refractivity contribution in [2.45, 2.75) is 25.0 Å². The smallest absolute Gasteiger partial charge is 0.263 e. The van der Waals surface area contributed by atoms with E-state index in [1.54, 1.807) is 31.1 Å². The van der Waals surface area contributed by atoms with Crippen molar-refractivity contribution >= 4 is 17.2 Å². The first-order chi connectivity index (χ1) is 10.7. The Hall–Kier alpha value is -1.99. The zero-order valence-electron chi connectivity index (χ0n) is 12.1. The van der Waals surface area contributed by atoms with Crippen LogP contribution < -0.4 is 10.1 Å². The third-order valence-electron chi connectivity index (χ3n) is 3.89. The van der Waals surface area contributed by atoms with Crippen molar-refractivity contribution in [3.63, 3.8) is 0 Å². The summed E-state index contributed by atoms with van der Waals surface area (Å²) in [4.78, 5) is 21.0. The van der Waals surface area contributed by atoms with Crippen LogP contribution in [0.1, 0.15) is 34.1 Å². The Labute approximate surface area is 132 Å². The van der Waals surface area contributed by atoms with Crippen LogP contribution in [-0.2, 0) is 0 Å². The molecule has 22 heavy (non-hydrogen) atoms. The number of pyridine rings is 1. The van der Waals surface area contributed by atoms with E-state index in [0.29, 0.717) is 23.6 Å². The van der Waals surface area contributed by atoms with Gasteiger partial charge in [-0.1, -0.05) is 6.07 Å². The lowest BCUT2D eigenvalue weighted by atomic mass is 9.75. The molecule has 3 rings (SSSR count). The minimum Gasteiger partial charge on any atom is -0.481 e. The van der Waals surface area contributed by atoms with Gasteiger partial charge in [0, 0.05) is 12.3 Å². The predicted octanol–water partition coefficient (Wildman–Crippen LogP) is 1.79. The highest BCUT2D eigenvalue weighted by molar-refractivity contribution is 7.11. The maximum Gasteiger partial charge on any atom is 0.263 e. The van der Waals surface area contributed by atoms with Crippen LogP contribution >= 0.6 is 11.3 Å². The molecular formula is C15H17N3O3S. The lowest BCUT2D eigenvalue weighted by Gasteiger charge is -2.38. The molecule has 7 heteroatoms. The summed E-state index contributed by atoms with van der Waals surface area (Å²) in [5.74, 6) is 0.594. The number of nitrogens with zero attached hydrogens (tertiary/aromatic N) is 2. The van der Waals surface area contributed by atoms with Gasteiger partial charge in [0.2, 0.25) is 5.88 Å². The molecule has 0 aliphatic heterocycles. The molecule has 0 unspecified atom stereocenters. The van der Waals surface area contributed by atoms with Gasteiger partial charge in [0.1, 0.15) is 4.88 Å². The number of nitrogens with one attached hydrogen (secondary N) is 1. The Morgan fingerprint density at radius 2 is 2.27 bits per heavy atom. The van der Waals surface area contributed by atoms with Crippen molar-refractivity contribution in [3.8, 4) is 5.88 Å². The number of carbonyl (C=O) groups is 1. The van der Waals surface area contributed by atoms with E-state index in [4.69, 9.17) is 4.74 Å². The first-order valence-corrected chi connectivity index (χ1v) is 7.92. The average molecular weight is 319 g/mol. The molecule has 6 nitrogen and oxygen atoms in total. The fourth-order valence-corrected chi connectivity index (χ4v) is 3.14. The van der Waals surface area contributed by atoms with Crippen LogP contribution in [0.3, 0.4) is 0 Å². The number of aliphatic hydroxyl groups excluding tert-OH is 1.